The van der Waals surface area contributed by atoms with Gasteiger partial charge in [-0.3, -0.25) is 28.8 Å². The Morgan fingerprint density at radius 2 is 1.52 bits per heavy atom. The predicted molar refractivity (Wildman–Crippen MR) is 178 cm³/mol. The lowest BCUT2D eigenvalue weighted by Gasteiger charge is -2.24. The third kappa shape index (κ3) is 8.97. The maximum Gasteiger partial charge on any atom is 0.320 e. The van der Waals surface area contributed by atoms with E-state index in [0.29, 0.717) is 22.6 Å². The van der Waals surface area contributed by atoms with Gasteiger partial charge >= 0.3 is 11.9 Å². The molecule has 1 amide bonds. The Balaban J connectivity index is 1.64. The van der Waals surface area contributed by atoms with Crippen molar-refractivity contribution in [3.8, 4) is 5.75 Å². The third-order valence-corrected chi connectivity index (χ3v) is 9.32. The molecule has 1 aromatic heterocycles. The number of carbonyl (C=O) groups excluding carboxylic acids is 3. The first kappa shape index (κ1) is 35.6. The van der Waals surface area contributed by atoms with E-state index in [1.54, 1.807) is 92.8 Å². The van der Waals surface area contributed by atoms with Gasteiger partial charge in [-0.1, -0.05) is 24.3 Å². The van der Waals surface area contributed by atoms with Crippen LogP contribution in [0.5, 0.6) is 5.75 Å². The summed E-state index contributed by atoms with van der Waals surface area (Å²) >= 11 is 0. The number of hydrogen-bond donors (Lipinski definition) is 5. The molecule has 15 nitrogen and oxygen atoms in total. The average Bonchev–Trinajstić information content (AvgIpc) is 3.09. The first-order chi connectivity index (χ1) is 23.1. The molecule has 0 aliphatic carbocycles. The van der Waals surface area contributed by atoms with Crippen molar-refractivity contribution in [2.45, 2.75) is 19.9 Å². The number of allylic oxidation sites excluding steroid dienone is 2. The van der Waals surface area contributed by atoms with Gasteiger partial charge in [-0.2, -0.15) is 0 Å². The highest BCUT2D eigenvalue weighted by atomic mass is 31.2. The van der Waals surface area contributed by atoms with Gasteiger partial charge in [-0.15, -0.1) is 0 Å². The molecule has 1 unspecified atom stereocenters. The fraction of sp³-hybridized carbons (Fsp3) is 0.281. The number of nitrogens with one attached hydrogen (secondary N) is 5. The molecule has 0 bridgehead atoms. The summed E-state index contributed by atoms with van der Waals surface area (Å²) in [4.78, 5) is 57.7. The Hall–Kier alpha value is -5.24. The standard InChI is InChI=1S/C32H38N7O8P/c1-5-46-27(40)19-35-48(44,36-20-28(41)47-6-2)24-15-11-22(12-16-24)29(21-9-13-23(45-4)14-10-21)37-31(42)25-18-33-30(38-32(25)43)26-8-7-17-34-39(26)3/h7-18,29,34H,5-6,19-20H2,1-4H3,(H,37,42)(H,33,38,43)(H2,35,36,44). The van der Waals surface area contributed by atoms with Crippen LogP contribution in [0, 0.1) is 0 Å². The second kappa shape index (κ2) is 16.5. The lowest BCUT2D eigenvalue weighted by atomic mass is 9.98. The molecule has 0 spiro atoms. The maximum atomic E-state index is 14.0. The van der Waals surface area contributed by atoms with Crippen molar-refractivity contribution in [2.24, 2.45) is 0 Å². The number of H-pyrrole nitrogens is 1. The van der Waals surface area contributed by atoms with Crippen LogP contribution in [0.1, 0.15) is 47.2 Å². The van der Waals surface area contributed by atoms with Gasteiger partial charge in [0.1, 0.15) is 24.4 Å². The maximum absolute atomic E-state index is 14.0. The van der Waals surface area contributed by atoms with Crippen LogP contribution in [-0.4, -0.2) is 73.3 Å². The fourth-order valence-corrected chi connectivity index (χ4v) is 6.40. The number of ether oxygens (including phenoxy) is 3. The molecule has 2 aromatic carbocycles. The number of rotatable bonds is 15. The zero-order valence-electron chi connectivity index (χ0n) is 26.9. The molecule has 0 radical (unpaired) electrons. The quantitative estimate of drug-likeness (QED) is 0.115. The first-order valence-electron chi connectivity index (χ1n) is 15.0. The second-order valence-corrected chi connectivity index (χ2v) is 12.6. The van der Waals surface area contributed by atoms with Crippen molar-refractivity contribution in [2.75, 3.05) is 40.5 Å². The number of amides is 1. The molecule has 0 saturated heterocycles. The molecule has 5 N–H and O–H groups in total. The van der Waals surface area contributed by atoms with E-state index in [1.807, 2.05) is 0 Å². The molecule has 16 heteroatoms. The largest absolute Gasteiger partial charge is 0.497 e. The lowest BCUT2D eigenvalue weighted by molar-refractivity contribution is -0.142. The molecule has 0 fully saturated rings. The molecule has 1 atom stereocenters. The Kier molecular flexibility index (Phi) is 12.3. The number of carbonyl (C=O) groups is 3. The van der Waals surface area contributed by atoms with Crippen molar-refractivity contribution in [1.29, 1.82) is 0 Å². The smallest absolute Gasteiger partial charge is 0.320 e. The van der Waals surface area contributed by atoms with E-state index >= 15 is 0 Å². The van der Waals surface area contributed by atoms with Crippen LogP contribution in [0.15, 0.2) is 77.9 Å². The number of aromatic nitrogens is 2. The normalized spacial score (nSPS) is 13.2. The number of nitrogens with zero attached hydrogens (tertiary/aromatic N) is 2. The SMILES string of the molecule is CCOC(=O)CNP(=O)(NCC(=O)OCC)c1ccc(C(NC(=O)c2cnc(C3=CC=CNN3C)[nH]c2=O)c2ccc(OC)cc2)cc1. The summed E-state index contributed by atoms with van der Waals surface area (Å²) in [6.45, 7) is 2.83. The van der Waals surface area contributed by atoms with Gasteiger partial charge in [-0.25, -0.2) is 15.2 Å². The van der Waals surface area contributed by atoms with Gasteiger partial charge in [-0.05, 0) is 61.4 Å². The first-order valence-corrected chi connectivity index (χ1v) is 16.7. The summed E-state index contributed by atoms with van der Waals surface area (Å²) in [5.41, 5.74) is 3.98. The van der Waals surface area contributed by atoms with Gasteiger partial charge in [0.25, 0.3) is 11.5 Å². The summed E-state index contributed by atoms with van der Waals surface area (Å²) in [5, 5.41) is 10.2. The highest BCUT2D eigenvalue weighted by Gasteiger charge is 2.28. The van der Waals surface area contributed by atoms with Gasteiger partial charge in [0.05, 0.1) is 32.1 Å². The Labute approximate surface area is 277 Å². The van der Waals surface area contributed by atoms with Crippen molar-refractivity contribution in [1.82, 2.24) is 35.9 Å². The van der Waals surface area contributed by atoms with Crippen LogP contribution in [0.4, 0.5) is 0 Å². The third-order valence-electron chi connectivity index (χ3n) is 7.08. The summed E-state index contributed by atoms with van der Waals surface area (Å²) in [7, 11) is -0.447. The van der Waals surface area contributed by atoms with Gasteiger partial charge < -0.3 is 29.9 Å². The zero-order chi connectivity index (χ0) is 34.7. The molecule has 48 heavy (non-hydrogen) atoms. The number of benzene rings is 2. The zero-order valence-corrected chi connectivity index (χ0v) is 27.8. The van der Waals surface area contributed by atoms with Gasteiger partial charge in [0.2, 0.25) is 7.44 Å². The van der Waals surface area contributed by atoms with Gasteiger partial charge in [0.15, 0.2) is 5.82 Å². The second-order valence-electron chi connectivity index (χ2n) is 10.2. The number of esters is 2. The van der Waals surface area contributed by atoms with Gasteiger partial charge in [0, 0.05) is 24.7 Å². The van der Waals surface area contributed by atoms with Crippen LogP contribution < -0.4 is 36.5 Å². The average molecular weight is 680 g/mol. The molecule has 1 aliphatic heterocycles. The van der Waals surface area contributed by atoms with E-state index in [4.69, 9.17) is 14.2 Å². The molecule has 2 heterocycles. The Morgan fingerprint density at radius 3 is 2.04 bits per heavy atom. The van der Waals surface area contributed by atoms with Crippen LogP contribution in [-0.2, 0) is 23.6 Å². The predicted octanol–water partition coefficient (Wildman–Crippen LogP) is 1.73. The number of hydrazine groups is 1. The highest BCUT2D eigenvalue weighted by Crippen LogP contribution is 2.35. The van der Waals surface area contributed by atoms with E-state index in [0.717, 1.165) is 0 Å². The number of hydrogen-bond acceptors (Lipinski definition) is 11. The molecule has 254 valence electrons. The minimum absolute atomic E-state index is 0.144. The van der Waals surface area contributed by atoms with Crippen molar-refractivity contribution >= 4 is 36.3 Å². The van der Waals surface area contributed by atoms with E-state index in [1.165, 1.54) is 13.3 Å². The molecule has 4 rings (SSSR count). The van der Waals surface area contributed by atoms with Crippen LogP contribution in [0.25, 0.3) is 5.70 Å². The van der Waals surface area contributed by atoms with Crippen LogP contribution in [0.2, 0.25) is 0 Å². The Bertz CT molecular complexity index is 1750. The molecule has 1 aliphatic rings. The summed E-state index contributed by atoms with van der Waals surface area (Å²) in [6.07, 6.45) is 6.45. The summed E-state index contributed by atoms with van der Waals surface area (Å²) in [6, 6.07) is 12.6. The van der Waals surface area contributed by atoms with E-state index in [-0.39, 0.29) is 43.0 Å². The van der Waals surface area contributed by atoms with E-state index in [9.17, 15) is 23.7 Å². The molecule has 0 saturated carbocycles. The number of aromatic amines is 1. The monoisotopic (exact) mass is 679 g/mol. The summed E-state index contributed by atoms with van der Waals surface area (Å²) < 4.78 is 29.2. The topological polar surface area (TPSA) is 193 Å². The molecule has 3 aromatic rings. The van der Waals surface area contributed by atoms with Crippen molar-refractivity contribution in [3.63, 3.8) is 0 Å². The van der Waals surface area contributed by atoms with E-state index < -0.39 is 36.9 Å². The lowest BCUT2D eigenvalue weighted by Crippen LogP contribution is -2.37. The van der Waals surface area contributed by atoms with Crippen LogP contribution >= 0.6 is 7.44 Å². The van der Waals surface area contributed by atoms with Crippen molar-refractivity contribution in [3.05, 3.63) is 106 Å². The highest BCUT2D eigenvalue weighted by molar-refractivity contribution is 7.67. The molecular formula is C32H38N7O8P. The number of methoxy groups -OCH3 is 1. The van der Waals surface area contributed by atoms with Crippen LogP contribution in [0.3, 0.4) is 0 Å². The summed E-state index contributed by atoms with van der Waals surface area (Å²) in [5.74, 6) is -1.05. The van der Waals surface area contributed by atoms with Crippen molar-refractivity contribution < 1.29 is 33.2 Å². The van der Waals surface area contributed by atoms with E-state index in [2.05, 4.69) is 30.9 Å². The minimum atomic E-state index is -3.74. The minimum Gasteiger partial charge on any atom is -0.497 e. The fourth-order valence-electron chi connectivity index (χ4n) is 4.66. The Morgan fingerprint density at radius 1 is 0.938 bits per heavy atom. The molecular weight excluding hydrogens is 641 g/mol.